The van der Waals surface area contributed by atoms with Crippen LogP contribution in [0.2, 0.25) is 0 Å². The fourth-order valence-electron chi connectivity index (χ4n) is 3.22. The summed E-state index contributed by atoms with van der Waals surface area (Å²) in [6.45, 7) is 2.17. The summed E-state index contributed by atoms with van der Waals surface area (Å²) >= 11 is 0. The highest BCUT2D eigenvalue weighted by Crippen LogP contribution is 2.33. The van der Waals surface area contributed by atoms with E-state index in [1.807, 2.05) is 6.07 Å². The molecule has 0 radical (unpaired) electrons. The Kier molecular flexibility index (Phi) is 3.56. The zero-order valence-electron chi connectivity index (χ0n) is 14.9. The third-order valence-electron chi connectivity index (χ3n) is 5.08. The van der Waals surface area contributed by atoms with Crippen LogP contribution in [0.25, 0.3) is 11.7 Å². The molecule has 5 rings (SSSR count). The van der Waals surface area contributed by atoms with Crippen molar-refractivity contribution in [3.8, 4) is 5.88 Å². The zero-order valence-corrected chi connectivity index (χ0v) is 14.9. The van der Waals surface area contributed by atoms with Crippen molar-refractivity contribution in [1.29, 1.82) is 0 Å². The molecule has 1 atom stereocenters. The number of nitrogens with one attached hydrogen (secondary N) is 3. The predicted octanol–water partition coefficient (Wildman–Crippen LogP) is 0.272. The monoisotopic (exact) mass is 367 g/mol. The van der Waals surface area contributed by atoms with Crippen molar-refractivity contribution in [2.45, 2.75) is 44.7 Å². The number of anilines is 1. The van der Waals surface area contributed by atoms with E-state index in [9.17, 15) is 9.90 Å². The SMILES string of the molecule is C[C@@H](Nc1cc(=NC2CC2)n2nc/c(=C\c3[nH]c(=O)[nH]c3O)c2n1)C1CC1. The van der Waals surface area contributed by atoms with Gasteiger partial charge in [0.1, 0.15) is 11.5 Å². The Morgan fingerprint density at radius 3 is 2.85 bits per heavy atom. The van der Waals surface area contributed by atoms with E-state index in [4.69, 9.17) is 9.98 Å². The number of imidazole rings is 1. The van der Waals surface area contributed by atoms with E-state index < -0.39 is 5.69 Å². The molecule has 2 saturated carbocycles. The Morgan fingerprint density at radius 1 is 1.37 bits per heavy atom. The highest BCUT2D eigenvalue weighted by Gasteiger charge is 2.28. The minimum absolute atomic E-state index is 0.209. The summed E-state index contributed by atoms with van der Waals surface area (Å²) < 4.78 is 1.71. The van der Waals surface area contributed by atoms with Gasteiger partial charge in [-0.05, 0) is 44.6 Å². The molecular formula is C18H21N7O2. The van der Waals surface area contributed by atoms with E-state index in [-0.39, 0.29) is 5.88 Å². The summed E-state index contributed by atoms with van der Waals surface area (Å²) in [4.78, 5) is 25.7. The standard InChI is InChI=1S/C18H21N7O2/c1-9(10-2-3-10)20-14-7-15(21-12-4-5-12)25-16(23-14)11(8-19-25)6-13-17(26)24-18(27)22-13/h6-10,12,20,26H,2-5H2,1H3,(H2,22,24,27)/b11-6+,21-15?/t9-/m1/s1. The van der Waals surface area contributed by atoms with Crippen molar-refractivity contribution < 1.29 is 5.11 Å². The second-order valence-electron chi connectivity index (χ2n) is 7.45. The van der Waals surface area contributed by atoms with Crippen molar-refractivity contribution in [2.75, 3.05) is 5.32 Å². The molecule has 0 aliphatic heterocycles. The van der Waals surface area contributed by atoms with Crippen LogP contribution in [0.15, 0.2) is 22.1 Å². The molecule has 9 heteroatoms. The molecule has 3 heterocycles. The van der Waals surface area contributed by atoms with Gasteiger partial charge >= 0.3 is 5.69 Å². The molecule has 0 aromatic carbocycles. The first-order chi connectivity index (χ1) is 13.1. The van der Waals surface area contributed by atoms with Gasteiger partial charge in [0.25, 0.3) is 0 Å². The van der Waals surface area contributed by atoms with Gasteiger partial charge in [-0.25, -0.2) is 9.78 Å². The summed E-state index contributed by atoms with van der Waals surface area (Å²) in [5, 5.41) is 18.4. The minimum Gasteiger partial charge on any atom is -0.493 e. The molecule has 27 heavy (non-hydrogen) atoms. The average Bonchev–Trinajstić information content (AvgIpc) is 3.53. The molecule has 0 amide bonds. The molecule has 0 saturated heterocycles. The second-order valence-corrected chi connectivity index (χ2v) is 7.45. The van der Waals surface area contributed by atoms with Gasteiger partial charge in [0.15, 0.2) is 11.1 Å². The van der Waals surface area contributed by atoms with Crippen molar-refractivity contribution in [3.63, 3.8) is 0 Å². The summed E-state index contributed by atoms with van der Waals surface area (Å²) in [7, 11) is 0. The minimum atomic E-state index is -0.465. The van der Waals surface area contributed by atoms with Crippen LogP contribution in [-0.2, 0) is 0 Å². The van der Waals surface area contributed by atoms with Crippen molar-refractivity contribution >= 4 is 17.5 Å². The molecular weight excluding hydrogens is 346 g/mol. The molecule has 2 fully saturated rings. The highest BCUT2D eigenvalue weighted by molar-refractivity contribution is 5.58. The van der Waals surface area contributed by atoms with Crippen molar-refractivity contribution in [1.82, 2.24) is 24.6 Å². The lowest BCUT2D eigenvalue weighted by Gasteiger charge is -2.13. The van der Waals surface area contributed by atoms with Crippen LogP contribution in [0.3, 0.4) is 0 Å². The van der Waals surface area contributed by atoms with Gasteiger partial charge < -0.3 is 15.4 Å². The normalized spacial score (nSPS) is 19.7. The van der Waals surface area contributed by atoms with Crippen LogP contribution in [-0.4, -0.2) is 41.8 Å². The van der Waals surface area contributed by atoms with Crippen LogP contribution < -0.4 is 21.7 Å². The van der Waals surface area contributed by atoms with E-state index in [1.165, 1.54) is 12.8 Å². The largest absolute Gasteiger partial charge is 0.493 e. The molecule has 2 aliphatic carbocycles. The number of hydrogen-bond donors (Lipinski definition) is 4. The predicted molar refractivity (Wildman–Crippen MR) is 99.2 cm³/mol. The zero-order chi connectivity index (χ0) is 18.5. The maximum atomic E-state index is 11.4. The second kappa shape index (κ2) is 5.97. The molecule has 4 N–H and O–H groups in total. The van der Waals surface area contributed by atoms with Gasteiger partial charge in [-0.1, -0.05) is 0 Å². The van der Waals surface area contributed by atoms with Crippen LogP contribution in [0.1, 0.15) is 38.3 Å². The lowest BCUT2D eigenvalue weighted by atomic mass is 10.2. The Hall–Kier alpha value is -3.10. The number of H-pyrrole nitrogens is 2. The molecule has 3 aromatic rings. The number of aromatic hydroxyl groups is 1. The quantitative estimate of drug-likeness (QED) is 0.515. The maximum Gasteiger partial charge on any atom is 0.326 e. The summed E-state index contributed by atoms with van der Waals surface area (Å²) in [5.74, 6) is 1.26. The number of nitrogens with zero attached hydrogens (tertiary/aromatic N) is 4. The van der Waals surface area contributed by atoms with Crippen molar-refractivity contribution in [2.24, 2.45) is 10.9 Å². The van der Waals surface area contributed by atoms with E-state index in [0.29, 0.717) is 34.6 Å². The molecule has 9 nitrogen and oxygen atoms in total. The smallest absolute Gasteiger partial charge is 0.326 e. The van der Waals surface area contributed by atoms with Gasteiger partial charge in [-0.3, -0.25) is 9.98 Å². The fraction of sp³-hybridized carbons (Fsp3) is 0.444. The molecule has 0 spiro atoms. The van der Waals surface area contributed by atoms with Crippen LogP contribution in [0.4, 0.5) is 5.82 Å². The number of hydrogen-bond acceptors (Lipinski definition) is 6. The Bertz CT molecular complexity index is 1180. The number of rotatable bonds is 5. The number of fused-ring (bicyclic) bond motifs is 1. The number of aromatic nitrogens is 5. The van der Waals surface area contributed by atoms with Crippen LogP contribution >= 0.6 is 0 Å². The topological polar surface area (TPSA) is 123 Å². The molecule has 140 valence electrons. The first kappa shape index (κ1) is 16.1. The highest BCUT2D eigenvalue weighted by atomic mass is 16.3. The van der Waals surface area contributed by atoms with Gasteiger partial charge in [0.2, 0.25) is 5.88 Å². The van der Waals surface area contributed by atoms with Gasteiger partial charge in [0, 0.05) is 17.3 Å². The lowest BCUT2D eigenvalue weighted by molar-refractivity contribution is 0.454. The van der Waals surface area contributed by atoms with Gasteiger partial charge in [0.05, 0.1) is 12.2 Å². The third kappa shape index (κ3) is 3.20. The Balaban J connectivity index is 1.66. The first-order valence-electron chi connectivity index (χ1n) is 9.29. The summed E-state index contributed by atoms with van der Waals surface area (Å²) in [5.41, 5.74) is 1.22. The average molecular weight is 367 g/mol. The first-order valence-corrected chi connectivity index (χ1v) is 9.29. The van der Waals surface area contributed by atoms with E-state index >= 15 is 0 Å². The lowest BCUT2D eigenvalue weighted by Crippen LogP contribution is -2.24. The van der Waals surface area contributed by atoms with E-state index in [2.05, 4.69) is 27.3 Å². The van der Waals surface area contributed by atoms with E-state index in [0.717, 1.165) is 24.1 Å². The maximum absolute atomic E-state index is 11.4. The van der Waals surface area contributed by atoms with Crippen molar-refractivity contribution in [3.05, 3.63) is 39.1 Å². The van der Waals surface area contributed by atoms with E-state index in [1.54, 1.807) is 16.8 Å². The van der Waals surface area contributed by atoms with Gasteiger partial charge in [-0.2, -0.15) is 9.61 Å². The molecule has 3 aromatic heterocycles. The van der Waals surface area contributed by atoms with Crippen LogP contribution in [0.5, 0.6) is 5.88 Å². The Morgan fingerprint density at radius 2 is 2.19 bits per heavy atom. The summed E-state index contributed by atoms with van der Waals surface area (Å²) in [6, 6.07) is 2.65. The molecule has 2 aliphatic rings. The van der Waals surface area contributed by atoms with Gasteiger partial charge in [-0.15, -0.1) is 0 Å². The fourth-order valence-corrected chi connectivity index (χ4v) is 3.22. The Labute approximate surface area is 153 Å². The number of aromatic amines is 2. The summed E-state index contributed by atoms with van der Waals surface area (Å²) in [6.07, 6.45) is 8.02. The molecule has 0 bridgehead atoms. The third-order valence-corrected chi connectivity index (χ3v) is 5.08. The van der Waals surface area contributed by atoms with Crippen LogP contribution in [0, 0.1) is 5.92 Å². The molecule has 0 unspecified atom stereocenters.